The maximum atomic E-state index is 13.0. The predicted molar refractivity (Wildman–Crippen MR) is 199 cm³/mol. The van der Waals surface area contributed by atoms with Gasteiger partial charge < -0.3 is 9.64 Å². The molecule has 1 saturated heterocycles. The number of amides is 5. The predicted octanol–water partition coefficient (Wildman–Crippen LogP) is 4.93. The van der Waals surface area contributed by atoms with Crippen LogP contribution in [-0.4, -0.2) is 85.8 Å². The lowest BCUT2D eigenvalue weighted by molar-refractivity contribution is -0.136. The minimum Gasteiger partial charge on any atom is -0.494 e. The third kappa shape index (κ3) is 9.58. The Bertz CT molecular complexity index is 2020. The van der Waals surface area contributed by atoms with Crippen LogP contribution in [0.3, 0.4) is 0 Å². The number of hydroxylamine groups is 1. The van der Waals surface area contributed by atoms with Crippen molar-refractivity contribution in [3.05, 3.63) is 101 Å². The molecule has 4 aromatic rings. The number of unbranched alkanes of at least 4 members (excludes halogenated alkanes) is 5. The fraction of sp³-hybridized carbons (Fsp3) is 0.359. The van der Waals surface area contributed by atoms with Gasteiger partial charge in [-0.3, -0.25) is 39.4 Å². The molecule has 1 fully saturated rings. The number of imide groups is 2. The summed E-state index contributed by atoms with van der Waals surface area (Å²) in [5.41, 5.74) is 5.15. The molecule has 1 unspecified atom stereocenters. The molecule has 282 valence electrons. The molecule has 3 N–H and O–H groups in total. The van der Waals surface area contributed by atoms with Gasteiger partial charge in [0.15, 0.2) is 0 Å². The van der Waals surface area contributed by atoms with Crippen molar-refractivity contribution in [3.63, 3.8) is 0 Å². The lowest BCUT2D eigenvalue weighted by Gasteiger charge is -2.27. The largest absolute Gasteiger partial charge is 0.494 e. The average molecular weight is 754 g/mol. The van der Waals surface area contributed by atoms with E-state index in [9.17, 15) is 24.0 Å². The minimum absolute atomic E-state index is 0.0814. The first-order valence-electron chi connectivity index (χ1n) is 18.0. The summed E-state index contributed by atoms with van der Waals surface area (Å²) in [6, 6.07) is 19.1. The third-order valence-corrected chi connectivity index (χ3v) is 10.4. The Morgan fingerprint density at radius 1 is 0.963 bits per heavy atom. The highest BCUT2D eigenvalue weighted by molar-refractivity contribution is 7.98. The van der Waals surface area contributed by atoms with Crippen molar-refractivity contribution >= 4 is 41.3 Å². The Morgan fingerprint density at radius 3 is 2.56 bits per heavy atom. The first kappa shape index (κ1) is 38.3. The van der Waals surface area contributed by atoms with Crippen LogP contribution < -0.4 is 15.5 Å². The smallest absolute Gasteiger partial charge is 0.274 e. The number of carbonyl (C=O) groups is 5. The van der Waals surface area contributed by atoms with Gasteiger partial charge in [-0.05, 0) is 86.9 Å². The summed E-state index contributed by atoms with van der Waals surface area (Å²) >= 11 is 1.69. The number of ether oxygens (including phenoxy) is 1. The quantitative estimate of drug-likeness (QED) is 0.0413. The van der Waals surface area contributed by atoms with E-state index >= 15 is 0 Å². The van der Waals surface area contributed by atoms with Crippen molar-refractivity contribution in [2.45, 2.75) is 74.6 Å². The summed E-state index contributed by atoms with van der Waals surface area (Å²) in [6.07, 6.45) is 8.44. The van der Waals surface area contributed by atoms with Gasteiger partial charge in [0.25, 0.3) is 17.7 Å². The molecule has 3 aromatic carbocycles. The van der Waals surface area contributed by atoms with Gasteiger partial charge in [-0.2, -0.15) is 0 Å². The van der Waals surface area contributed by atoms with Crippen molar-refractivity contribution in [2.75, 3.05) is 20.2 Å². The Balaban J connectivity index is 0.842. The zero-order valence-electron chi connectivity index (χ0n) is 30.0. The van der Waals surface area contributed by atoms with E-state index in [-0.39, 0.29) is 24.0 Å². The molecule has 2 aliphatic rings. The normalized spacial score (nSPS) is 15.5. The number of piperidine rings is 1. The van der Waals surface area contributed by atoms with Crippen LogP contribution in [0.4, 0.5) is 0 Å². The second kappa shape index (κ2) is 18.1. The standard InChI is InChI=1S/C39H43N7O7S/c1-44(23-26-10-8-13-31(20-26)54-25-28-24-45(43-41-28)29-12-9-11-27(21-29)36(48)42-52)18-6-4-2-3-5-7-19-53-30-14-15-32-33(22-30)39(51)46(38(32)50)34-16-17-35(47)40-37(34)49/h8-15,20-22,24,34,52H,2-7,16-19,23,25H2,1H3,(H,42,48)(H,40,47,49). The number of thioether (sulfide) groups is 1. The molecule has 0 spiro atoms. The second-order valence-electron chi connectivity index (χ2n) is 13.4. The van der Waals surface area contributed by atoms with Crippen molar-refractivity contribution in [1.29, 1.82) is 0 Å². The number of nitrogens with zero attached hydrogens (tertiary/aromatic N) is 5. The van der Waals surface area contributed by atoms with Crippen LogP contribution in [-0.2, 0) is 21.9 Å². The molecular formula is C39H43N7O7S. The van der Waals surface area contributed by atoms with Gasteiger partial charge in [0, 0.05) is 29.2 Å². The molecule has 54 heavy (non-hydrogen) atoms. The monoisotopic (exact) mass is 753 g/mol. The number of carbonyl (C=O) groups excluding carboxylic acids is 5. The fourth-order valence-corrected chi connectivity index (χ4v) is 7.40. The van der Waals surface area contributed by atoms with Crippen LogP contribution >= 0.6 is 11.8 Å². The maximum Gasteiger partial charge on any atom is 0.274 e. The summed E-state index contributed by atoms with van der Waals surface area (Å²) in [7, 11) is 2.14. The maximum absolute atomic E-state index is 13.0. The van der Waals surface area contributed by atoms with Gasteiger partial charge in [0.1, 0.15) is 11.8 Å². The zero-order chi connectivity index (χ0) is 38.0. The highest BCUT2D eigenvalue weighted by atomic mass is 32.2. The molecule has 15 heteroatoms. The first-order chi connectivity index (χ1) is 26.2. The molecule has 2 aliphatic heterocycles. The van der Waals surface area contributed by atoms with Gasteiger partial charge >= 0.3 is 0 Å². The van der Waals surface area contributed by atoms with E-state index in [0.717, 1.165) is 67.1 Å². The van der Waals surface area contributed by atoms with Crippen molar-refractivity contribution in [2.24, 2.45) is 0 Å². The van der Waals surface area contributed by atoms with E-state index in [1.165, 1.54) is 5.56 Å². The van der Waals surface area contributed by atoms with E-state index in [1.807, 2.05) is 12.3 Å². The molecular weight excluding hydrogens is 711 g/mol. The van der Waals surface area contributed by atoms with Crippen LogP contribution in [0.5, 0.6) is 5.75 Å². The van der Waals surface area contributed by atoms with Crippen LogP contribution in [0.15, 0.2) is 77.8 Å². The van der Waals surface area contributed by atoms with Crippen molar-refractivity contribution < 1.29 is 33.9 Å². The number of hydrogen-bond donors (Lipinski definition) is 3. The van der Waals surface area contributed by atoms with Crippen molar-refractivity contribution in [1.82, 2.24) is 35.6 Å². The third-order valence-electron chi connectivity index (χ3n) is 9.37. The van der Waals surface area contributed by atoms with Gasteiger partial charge in [-0.15, -0.1) is 16.9 Å². The SMILES string of the molecule is CN(CCCCCCCCOc1ccc2c(c1)C(=O)N(C1CCC(=O)NC1=O)C2=O)Cc1cccc(SCc2cn(-c3cccc(C(=O)NO)c3)nn2)c1. The summed E-state index contributed by atoms with van der Waals surface area (Å²) in [6.45, 7) is 2.36. The van der Waals surface area contributed by atoms with Gasteiger partial charge in [-0.1, -0.05) is 49.1 Å². The Hall–Kier alpha value is -5.38. The molecule has 1 atom stereocenters. The summed E-state index contributed by atoms with van der Waals surface area (Å²) in [4.78, 5) is 65.9. The van der Waals surface area contributed by atoms with Gasteiger partial charge in [-0.25, -0.2) is 10.2 Å². The Morgan fingerprint density at radius 2 is 1.74 bits per heavy atom. The highest BCUT2D eigenvalue weighted by Crippen LogP contribution is 2.30. The van der Waals surface area contributed by atoms with E-state index in [2.05, 4.69) is 51.8 Å². The number of rotatable bonds is 18. The van der Waals surface area contributed by atoms with E-state index in [1.54, 1.807) is 58.3 Å². The molecule has 6 rings (SSSR count). The van der Waals surface area contributed by atoms with Gasteiger partial charge in [0.2, 0.25) is 11.8 Å². The molecule has 0 radical (unpaired) electrons. The molecule has 14 nitrogen and oxygen atoms in total. The summed E-state index contributed by atoms with van der Waals surface area (Å²) in [5.74, 6) is -1.53. The van der Waals surface area contributed by atoms with E-state index in [0.29, 0.717) is 29.4 Å². The lowest BCUT2D eigenvalue weighted by atomic mass is 10.0. The number of fused-ring (bicyclic) bond motifs is 1. The minimum atomic E-state index is -0.986. The van der Waals surface area contributed by atoms with Crippen molar-refractivity contribution in [3.8, 4) is 11.4 Å². The fourth-order valence-electron chi connectivity index (χ4n) is 6.55. The number of nitrogens with one attached hydrogen (secondary N) is 2. The summed E-state index contributed by atoms with van der Waals surface area (Å²) < 4.78 is 7.50. The Kier molecular flexibility index (Phi) is 12.9. The van der Waals surface area contributed by atoms with E-state index < -0.39 is 35.6 Å². The lowest BCUT2D eigenvalue weighted by Crippen LogP contribution is -2.54. The zero-order valence-corrected chi connectivity index (χ0v) is 30.8. The first-order valence-corrected chi connectivity index (χ1v) is 19.0. The van der Waals surface area contributed by atoms with Crippen LogP contribution in [0.2, 0.25) is 0 Å². The second-order valence-corrected chi connectivity index (χ2v) is 14.5. The van der Waals surface area contributed by atoms with Crippen LogP contribution in [0, 0.1) is 0 Å². The molecule has 0 saturated carbocycles. The molecule has 1 aromatic heterocycles. The molecule has 3 heterocycles. The Labute approximate surface area is 317 Å². The van der Waals surface area contributed by atoms with Gasteiger partial charge in [0.05, 0.1) is 35.3 Å². The van der Waals surface area contributed by atoms with Crippen LogP contribution in [0.25, 0.3) is 5.69 Å². The molecule has 0 aliphatic carbocycles. The average Bonchev–Trinajstić information content (AvgIpc) is 3.75. The van der Waals surface area contributed by atoms with Crippen LogP contribution in [0.1, 0.15) is 93.7 Å². The molecule has 5 amide bonds. The number of aromatic nitrogens is 3. The number of benzene rings is 3. The molecule has 0 bridgehead atoms. The highest BCUT2D eigenvalue weighted by Gasteiger charge is 2.44. The number of hydrogen-bond acceptors (Lipinski definition) is 11. The summed E-state index contributed by atoms with van der Waals surface area (Å²) in [5, 5.41) is 19.6. The van der Waals surface area contributed by atoms with E-state index in [4.69, 9.17) is 9.94 Å². The topological polar surface area (TPSA) is 176 Å².